The van der Waals surface area contributed by atoms with Crippen LogP contribution < -0.4 is 4.90 Å². The van der Waals surface area contributed by atoms with Crippen molar-refractivity contribution in [1.29, 1.82) is 0 Å². The van der Waals surface area contributed by atoms with Gasteiger partial charge in [0.2, 0.25) is 0 Å². The Labute approximate surface area is 131 Å². The third kappa shape index (κ3) is 2.77. The predicted octanol–water partition coefficient (Wildman–Crippen LogP) is 3.94. The van der Waals surface area contributed by atoms with Crippen molar-refractivity contribution in [3.05, 3.63) is 53.6 Å². The minimum absolute atomic E-state index is 0.0456. The van der Waals surface area contributed by atoms with Crippen molar-refractivity contribution in [1.82, 2.24) is 0 Å². The summed E-state index contributed by atoms with van der Waals surface area (Å²) in [4.78, 5) is 14.0. The molecule has 0 unspecified atom stereocenters. The van der Waals surface area contributed by atoms with Gasteiger partial charge in [-0.2, -0.15) is 0 Å². The molecule has 22 heavy (non-hydrogen) atoms. The van der Waals surface area contributed by atoms with Gasteiger partial charge in [0, 0.05) is 17.8 Å². The van der Waals surface area contributed by atoms with Gasteiger partial charge in [-0.25, -0.2) is 0 Å². The summed E-state index contributed by atoms with van der Waals surface area (Å²) in [5.41, 5.74) is 5.72. The normalized spacial score (nSPS) is 14.6. The van der Waals surface area contributed by atoms with Gasteiger partial charge >= 0.3 is 0 Å². The number of carbonyl (C=O) groups excluding carboxylic acids is 1. The Hall–Kier alpha value is -2.13. The molecule has 2 aromatic carbocycles. The SMILES string of the molecule is CCCN1C(=O)COCc2cc(-c3ccccc3C)ccc21. The van der Waals surface area contributed by atoms with E-state index >= 15 is 0 Å². The molecule has 3 nitrogen and oxygen atoms in total. The van der Waals surface area contributed by atoms with E-state index in [9.17, 15) is 4.79 Å². The van der Waals surface area contributed by atoms with Crippen molar-refractivity contribution >= 4 is 11.6 Å². The van der Waals surface area contributed by atoms with Crippen LogP contribution in [0.1, 0.15) is 24.5 Å². The van der Waals surface area contributed by atoms with Crippen molar-refractivity contribution < 1.29 is 9.53 Å². The lowest BCUT2D eigenvalue weighted by molar-refractivity contribution is -0.123. The van der Waals surface area contributed by atoms with Crippen molar-refractivity contribution in [2.24, 2.45) is 0 Å². The maximum absolute atomic E-state index is 12.2. The zero-order valence-corrected chi connectivity index (χ0v) is 13.1. The molecular formula is C19H21NO2. The van der Waals surface area contributed by atoms with Gasteiger partial charge in [-0.3, -0.25) is 4.79 Å². The molecule has 2 aromatic rings. The Morgan fingerprint density at radius 1 is 1.14 bits per heavy atom. The maximum atomic E-state index is 12.2. The highest BCUT2D eigenvalue weighted by atomic mass is 16.5. The molecule has 114 valence electrons. The van der Waals surface area contributed by atoms with Crippen molar-refractivity contribution in [3.63, 3.8) is 0 Å². The topological polar surface area (TPSA) is 29.5 Å². The van der Waals surface area contributed by atoms with Crippen LogP contribution in [0.15, 0.2) is 42.5 Å². The first-order valence-corrected chi connectivity index (χ1v) is 7.77. The summed E-state index contributed by atoms with van der Waals surface area (Å²) in [6, 6.07) is 14.7. The minimum atomic E-state index is 0.0456. The van der Waals surface area contributed by atoms with Gasteiger partial charge in [-0.05, 0) is 42.2 Å². The highest BCUT2D eigenvalue weighted by Gasteiger charge is 2.22. The summed E-state index contributed by atoms with van der Waals surface area (Å²) in [5.74, 6) is 0.0456. The van der Waals surface area contributed by atoms with Crippen LogP contribution in [-0.4, -0.2) is 19.1 Å². The van der Waals surface area contributed by atoms with Crippen LogP contribution in [0.2, 0.25) is 0 Å². The van der Waals surface area contributed by atoms with Gasteiger partial charge in [-0.1, -0.05) is 37.3 Å². The number of hydrogen-bond donors (Lipinski definition) is 0. The molecule has 0 fully saturated rings. The van der Waals surface area contributed by atoms with Gasteiger partial charge in [-0.15, -0.1) is 0 Å². The number of benzene rings is 2. The largest absolute Gasteiger partial charge is 0.367 e. The third-order valence-corrected chi connectivity index (χ3v) is 4.06. The Bertz CT molecular complexity index is 694. The molecule has 1 aliphatic heterocycles. The van der Waals surface area contributed by atoms with E-state index in [0.717, 1.165) is 24.2 Å². The number of aryl methyl sites for hydroxylation is 1. The number of rotatable bonds is 3. The molecule has 0 spiro atoms. The van der Waals surface area contributed by atoms with E-state index in [0.29, 0.717) is 6.61 Å². The van der Waals surface area contributed by atoms with E-state index in [1.807, 2.05) is 11.0 Å². The predicted molar refractivity (Wildman–Crippen MR) is 88.9 cm³/mol. The number of ether oxygens (including phenoxy) is 1. The Kier molecular flexibility index (Phi) is 4.25. The maximum Gasteiger partial charge on any atom is 0.252 e. The van der Waals surface area contributed by atoms with Gasteiger partial charge in [0.05, 0.1) is 6.61 Å². The summed E-state index contributed by atoms with van der Waals surface area (Å²) in [7, 11) is 0. The number of hydrogen-bond acceptors (Lipinski definition) is 2. The fraction of sp³-hybridized carbons (Fsp3) is 0.316. The van der Waals surface area contributed by atoms with E-state index in [4.69, 9.17) is 4.74 Å². The molecule has 0 saturated carbocycles. The molecule has 0 atom stereocenters. The first kappa shape index (κ1) is 14.8. The van der Waals surface area contributed by atoms with Crippen molar-refractivity contribution in [2.45, 2.75) is 26.9 Å². The number of nitrogens with zero attached hydrogens (tertiary/aromatic N) is 1. The zero-order valence-electron chi connectivity index (χ0n) is 13.1. The lowest BCUT2D eigenvalue weighted by Crippen LogP contribution is -2.33. The van der Waals surface area contributed by atoms with Gasteiger partial charge < -0.3 is 9.64 Å². The Morgan fingerprint density at radius 3 is 2.73 bits per heavy atom. The van der Waals surface area contributed by atoms with E-state index < -0.39 is 0 Å². The first-order chi connectivity index (χ1) is 10.7. The van der Waals surface area contributed by atoms with Crippen LogP contribution in [0, 0.1) is 6.92 Å². The number of anilines is 1. The molecule has 1 heterocycles. The van der Waals surface area contributed by atoms with Gasteiger partial charge in [0.1, 0.15) is 6.61 Å². The van der Waals surface area contributed by atoms with Crippen LogP contribution in [-0.2, 0) is 16.1 Å². The second-order valence-corrected chi connectivity index (χ2v) is 5.70. The van der Waals surface area contributed by atoms with Gasteiger partial charge in [0.25, 0.3) is 5.91 Å². The van der Waals surface area contributed by atoms with E-state index in [2.05, 4.69) is 50.2 Å². The minimum Gasteiger partial charge on any atom is -0.367 e. The first-order valence-electron chi connectivity index (χ1n) is 7.77. The molecule has 0 bridgehead atoms. The zero-order chi connectivity index (χ0) is 15.5. The fourth-order valence-corrected chi connectivity index (χ4v) is 2.96. The van der Waals surface area contributed by atoms with Crippen molar-refractivity contribution in [3.8, 4) is 11.1 Å². The van der Waals surface area contributed by atoms with Crippen LogP contribution in [0.5, 0.6) is 0 Å². The molecule has 0 N–H and O–H groups in total. The van der Waals surface area contributed by atoms with E-state index in [-0.39, 0.29) is 12.5 Å². The molecule has 0 aliphatic carbocycles. The molecule has 0 saturated heterocycles. The van der Waals surface area contributed by atoms with Crippen LogP contribution in [0.4, 0.5) is 5.69 Å². The standard InChI is InChI=1S/C19H21NO2/c1-3-10-20-18-9-8-15(17-7-5-4-6-14(17)2)11-16(18)12-22-13-19(20)21/h4-9,11H,3,10,12-13H2,1-2H3. The Morgan fingerprint density at radius 2 is 1.95 bits per heavy atom. The fourth-order valence-electron chi connectivity index (χ4n) is 2.96. The second kappa shape index (κ2) is 6.32. The van der Waals surface area contributed by atoms with Crippen LogP contribution in [0.3, 0.4) is 0 Å². The second-order valence-electron chi connectivity index (χ2n) is 5.70. The molecule has 1 aliphatic rings. The average Bonchev–Trinajstić information content (AvgIpc) is 2.67. The molecule has 1 amide bonds. The molecule has 3 rings (SSSR count). The van der Waals surface area contributed by atoms with E-state index in [1.165, 1.54) is 16.7 Å². The lowest BCUT2D eigenvalue weighted by Gasteiger charge is -2.22. The summed E-state index contributed by atoms with van der Waals surface area (Å²) in [6.45, 7) is 5.58. The highest BCUT2D eigenvalue weighted by molar-refractivity contribution is 5.96. The lowest BCUT2D eigenvalue weighted by atomic mass is 9.98. The van der Waals surface area contributed by atoms with Crippen LogP contribution in [0.25, 0.3) is 11.1 Å². The number of carbonyl (C=O) groups is 1. The average molecular weight is 295 g/mol. The molecule has 0 radical (unpaired) electrons. The highest BCUT2D eigenvalue weighted by Crippen LogP contribution is 2.31. The summed E-state index contributed by atoms with van der Waals surface area (Å²) >= 11 is 0. The quantitative estimate of drug-likeness (QED) is 0.858. The van der Waals surface area contributed by atoms with E-state index in [1.54, 1.807) is 0 Å². The van der Waals surface area contributed by atoms with Crippen molar-refractivity contribution in [2.75, 3.05) is 18.1 Å². The van der Waals surface area contributed by atoms with Crippen LogP contribution >= 0.6 is 0 Å². The summed E-state index contributed by atoms with van der Waals surface area (Å²) in [5, 5.41) is 0. The molecule has 3 heteroatoms. The summed E-state index contributed by atoms with van der Waals surface area (Å²) < 4.78 is 5.54. The molecular weight excluding hydrogens is 274 g/mol. The third-order valence-electron chi connectivity index (χ3n) is 4.06. The summed E-state index contributed by atoms with van der Waals surface area (Å²) in [6.07, 6.45) is 0.935. The molecule has 0 aromatic heterocycles. The number of amides is 1. The smallest absolute Gasteiger partial charge is 0.252 e. The Balaban J connectivity index is 2.05. The monoisotopic (exact) mass is 295 g/mol. The van der Waals surface area contributed by atoms with Gasteiger partial charge in [0.15, 0.2) is 0 Å². The number of fused-ring (bicyclic) bond motifs is 1.